The summed E-state index contributed by atoms with van der Waals surface area (Å²) in [4.78, 5) is 20.9. The maximum Gasteiger partial charge on any atom is 0.253 e. The van der Waals surface area contributed by atoms with Crippen molar-refractivity contribution in [3.05, 3.63) is 51.3 Å². The van der Waals surface area contributed by atoms with Crippen LogP contribution in [0, 0.1) is 13.8 Å². The predicted molar refractivity (Wildman–Crippen MR) is 104 cm³/mol. The number of hydrogen-bond acceptors (Lipinski definition) is 5. The zero-order chi connectivity index (χ0) is 18.8. The van der Waals surface area contributed by atoms with Crippen LogP contribution in [0.5, 0.6) is 0 Å². The first-order valence-electron chi connectivity index (χ1n) is 7.91. The molecule has 3 rings (SSSR count). The van der Waals surface area contributed by atoms with E-state index in [9.17, 15) is 4.79 Å². The van der Waals surface area contributed by atoms with Crippen molar-refractivity contribution in [3.63, 3.8) is 0 Å². The summed E-state index contributed by atoms with van der Waals surface area (Å²) >= 11 is 13.2. The van der Waals surface area contributed by atoms with Gasteiger partial charge >= 0.3 is 0 Å². The van der Waals surface area contributed by atoms with E-state index in [1.807, 2.05) is 32.9 Å². The number of rotatable bonds is 5. The molecule has 1 atom stereocenters. The average molecular weight is 410 g/mol. The van der Waals surface area contributed by atoms with Gasteiger partial charge in [0.05, 0.1) is 21.8 Å². The number of halogens is 2. The Morgan fingerprint density at radius 1 is 1.23 bits per heavy atom. The molecule has 6 nitrogen and oxygen atoms in total. The van der Waals surface area contributed by atoms with E-state index in [0.29, 0.717) is 21.0 Å². The van der Waals surface area contributed by atoms with Crippen molar-refractivity contribution in [1.82, 2.24) is 24.9 Å². The fourth-order valence-corrected chi connectivity index (χ4v) is 3.42. The van der Waals surface area contributed by atoms with Gasteiger partial charge in [-0.15, -0.1) is 5.10 Å². The van der Waals surface area contributed by atoms with Crippen LogP contribution in [0.25, 0.3) is 5.78 Å². The number of carbonyl (C=O) groups is 1. The summed E-state index contributed by atoms with van der Waals surface area (Å²) < 4.78 is 1.67. The largest absolute Gasteiger partial charge is 0.349 e. The first-order chi connectivity index (χ1) is 12.3. The first-order valence-corrected chi connectivity index (χ1v) is 9.66. The highest BCUT2D eigenvalue weighted by Gasteiger charge is 2.14. The normalized spacial score (nSPS) is 12.3. The highest BCUT2D eigenvalue weighted by atomic mass is 35.5. The van der Waals surface area contributed by atoms with Crippen LogP contribution in [0.3, 0.4) is 0 Å². The number of benzene rings is 1. The molecule has 0 bridgehead atoms. The Morgan fingerprint density at radius 3 is 2.73 bits per heavy atom. The monoisotopic (exact) mass is 409 g/mol. The number of fused-ring (bicyclic) bond motifs is 1. The Balaban J connectivity index is 1.61. The molecule has 0 spiro atoms. The summed E-state index contributed by atoms with van der Waals surface area (Å²) in [5.74, 6) is 0.628. The number of carbonyl (C=O) groups excluding carboxylic acids is 1. The Labute approximate surface area is 165 Å². The Morgan fingerprint density at radius 2 is 2.00 bits per heavy atom. The highest BCUT2D eigenvalue weighted by Crippen LogP contribution is 2.25. The summed E-state index contributed by atoms with van der Waals surface area (Å²) in [7, 11) is 0. The van der Waals surface area contributed by atoms with Crippen LogP contribution in [0.2, 0.25) is 10.0 Å². The minimum Gasteiger partial charge on any atom is -0.349 e. The summed E-state index contributed by atoms with van der Waals surface area (Å²) in [6, 6.07) is 7.06. The fourth-order valence-electron chi connectivity index (χ4n) is 2.49. The second-order valence-electron chi connectivity index (χ2n) is 5.90. The predicted octanol–water partition coefficient (Wildman–Crippen LogP) is 4.02. The Bertz CT molecular complexity index is 975. The SMILES string of the molecule is Cc1cc(C)n2nc(SCC(=O)NC(C)c3ccc(Cl)c(Cl)c3)nc2n1. The van der Waals surface area contributed by atoms with Gasteiger partial charge in [0.1, 0.15) is 0 Å². The molecule has 2 heterocycles. The van der Waals surface area contributed by atoms with Gasteiger partial charge in [0, 0.05) is 11.4 Å². The van der Waals surface area contributed by atoms with E-state index in [0.717, 1.165) is 17.0 Å². The van der Waals surface area contributed by atoms with Gasteiger partial charge in [0.25, 0.3) is 5.78 Å². The van der Waals surface area contributed by atoms with Crippen molar-refractivity contribution in [2.75, 3.05) is 5.75 Å². The highest BCUT2D eigenvalue weighted by molar-refractivity contribution is 7.99. The van der Waals surface area contributed by atoms with Crippen LogP contribution in [-0.2, 0) is 4.79 Å². The lowest BCUT2D eigenvalue weighted by Gasteiger charge is -2.14. The molecule has 1 aromatic carbocycles. The van der Waals surface area contributed by atoms with E-state index < -0.39 is 0 Å². The molecule has 0 aliphatic rings. The zero-order valence-electron chi connectivity index (χ0n) is 14.5. The number of nitrogens with one attached hydrogen (secondary N) is 1. The summed E-state index contributed by atoms with van der Waals surface area (Å²) in [5, 5.41) is 8.77. The van der Waals surface area contributed by atoms with E-state index >= 15 is 0 Å². The van der Waals surface area contributed by atoms with Gasteiger partial charge in [-0.3, -0.25) is 4.79 Å². The average Bonchev–Trinajstić information content (AvgIpc) is 2.98. The van der Waals surface area contributed by atoms with Gasteiger partial charge in [0.2, 0.25) is 11.1 Å². The molecular weight excluding hydrogens is 393 g/mol. The molecule has 0 aliphatic heterocycles. The molecule has 26 heavy (non-hydrogen) atoms. The van der Waals surface area contributed by atoms with Gasteiger partial charge in [-0.2, -0.15) is 4.98 Å². The van der Waals surface area contributed by atoms with E-state index in [-0.39, 0.29) is 17.7 Å². The molecule has 1 amide bonds. The van der Waals surface area contributed by atoms with Gasteiger partial charge in [-0.05, 0) is 44.5 Å². The lowest BCUT2D eigenvalue weighted by molar-refractivity contribution is -0.119. The van der Waals surface area contributed by atoms with E-state index in [1.54, 1.807) is 16.6 Å². The van der Waals surface area contributed by atoms with Crippen molar-refractivity contribution >= 4 is 46.6 Å². The number of thioether (sulfide) groups is 1. The standard InChI is InChI=1S/C17H17Cl2N5OS/c1-9-6-10(2)24-16(20-9)22-17(23-24)26-8-15(25)21-11(3)12-4-5-13(18)14(19)7-12/h4-7,11H,8H2,1-3H3,(H,21,25). The van der Waals surface area contributed by atoms with Gasteiger partial charge in [-0.1, -0.05) is 41.0 Å². The minimum atomic E-state index is -0.182. The van der Waals surface area contributed by atoms with Gasteiger partial charge in [0.15, 0.2) is 0 Å². The summed E-state index contributed by atoms with van der Waals surface area (Å²) in [6.45, 7) is 5.74. The number of nitrogens with zero attached hydrogens (tertiary/aromatic N) is 4. The van der Waals surface area contributed by atoms with Gasteiger partial charge in [-0.25, -0.2) is 9.50 Å². The second kappa shape index (κ2) is 7.82. The lowest BCUT2D eigenvalue weighted by Crippen LogP contribution is -2.28. The van der Waals surface area contributed by atoms with Crippen LogP contribution in [0.4, 0.5) is 0 Å². The molecule has 0 saturated carbocycles. The zero-order valence-corrected chi connectivity index (χ0v) is 16.8. The summed E-state index contributed by atoms with van der Waals surface area (Å²) in [5.41, 5.74) is 2.72. The van der Waals surface area contributed by atoms with Crippen LogP contribution >= 0.6 is 35.0 Å². The lowest BCUT2D eigenvalue weighted by atomic mass is 10.1. The third-order valence-electron chi connectivity index (χ3n) is 3.75. The smallest absolute Gasteiger partial charge is 0.253 e. The quantitative estimate of drug-likeness (QED) is 0.644. The topological polar surface area (TPSA) is 72.2 Å². The molecule has 1 unspecified atom stereocenters. The Hall–Kier alpha value is -1.83. The molecule has 0 fully saturated rings. The van der Waals surface area contributed by atoms with Crippen molar-refractivity contribution in [2.45, 2.75) is 32.0 Å². The van der Waals surface area contributed by atoms with E-state index in [1.165, 1.54) is 11.8 Å². The molecule has 0 radical (unpaired) electrons. The molecule has 9 heteroatoms. The van der Waals surface area contributed by atoms with Gasteiger partial charge < -0.3 is 5.32 Å². The number of amides is 1. The van der Waals surface area contributed by atoms with Crippen molar-refractivity contribution < 1.29 is 4.79 Å². The molecule has 2 aromatic heterocycles. The maximum atomic E-state index is 12.2. The van der Waals surface area contributed by atoms with E-state index in [2.05, 4.69) is 20.4 Å². The third kappa shape index (κ3) is 4.28. The fraction of sp³-hybridized carbons (Fsp3) is 0.294. The first kappa shape index (κ1) is 18.9. The molecule has 0 aliphatic carbocycles. The van der Waals surface area contributed by atoms with Crippen LogP contribution in [0.15, 0.2) is 29.4 Å². The van der Waals surface area contributed by atoms with Crippen LogP contribution in [-0.4, -0.2) is 31.2 Å². The molecule has 1 N–H and O–H groups in total. The number of aromatic nitrogens is 4. The van der Waals surface area contributed by atoms with Crippen molar-refractivity contribution in [2.24, 2.45) is 0 Å². The van der Waals surface area contributed by atoms with Crippen molar-refractivity contribution in [1.29, 1.82) is 0 Å². The molecule has 0 saturated heterocycles. The van der Waals surface area contributed by atoms with E-state index in [4.69, 9.17) is 23.2 Å². The van der Waals surface area contributed by atoms with Crippen molar-refractivity contribution in [3.8, 4) is 0 Å². The maximum absolute atomic E-state index is 12.2. The molecule has 3 aromatic rings. The van der Waals surface area contributed by atoms with Crippen LogP contribution in [0.1, 0.15) is 29.9 Å². The Kier molecular flexibility index (Phi) is 5.70. The summed E-state index contributed by atoms with van der Waals surface area (Å²) in [6.07, 6.45) is 0. The number of aryl methyl sites for hydroxylation is 2. The second-order valence-corrected chi connectivity index (χ2v) is 7.65. The molecular formula is C17H17Cl2N5OS. The minimum absolute atomic E-state index is 0.117. The third-order valence-corrected chi connectivity index (χ3v) is 5.33. The molecule has 136 valence electrons. The van der Waals surface area contributed by atoms with Crippen LogP contribution < -0.4 is 5.32 Å². The number of hydrogen-bond donors (Lipinski definition) is 1.